The summed E-state index contributed by atoms with van der Waals surface area (Å²) in [7, 11) is -4.14. The van der Waals surface area contributed by atoms with Crippen molar-refractivity contribution >= 4 is 27.5 Å². The third-order valence-electron chi connectivity index (χ3n) is 5.47. The predicted octanol–water partition coefficient (Wildman–Crippen LogP) is 3.97. The summed E-state index contributed by atoms with van der Waals surface area (Å²) >= 11 is 0. The number of hydrogen-bond acceptors (Lipinski definition) is 4. The monoisotopic (exact) mass is 527 g/mol. The van der Waals surface area contributed by atoms with E-state index >= 15 is 0 Å². The summed E-state index contributed by atoms with van der Waals surface area (Å²) in [5, 5.41) is 2.76. The van der Waals surface area contributed by atoms with Gasteiger partial charge in [0.2, 0.25) is 21.8 Å². The topological polar surface area (TPSA) is 86.8 Å². The van der Waals surface area contributed by atoms with Crippen molar-refractivity contribution in [1.82, 2.24) is 10.2 Å². The number of nitrogens with one attached hydrogen (secondary N) is 1. The van der Waals surface area contributed by atoms with Crippen LogP contribution >= 0.6 is 0 Å². The lowest BCUT2D eigenvalue weighted by atomic mass is 10.1. The van der Waals surface area contributed by atoms with Crippen LogP contribution in [-0.4, -0.2) is 50.5 Å². The Morgan fingerprint density at radius 2 is 1.64 bits per heavy atom. The van der Waals surface area contributed by atoms with E-state index in [1.165, 1.54) is 17.9 Å². The first-order chi connectivity index (χ1) is 16.6. The van der Waals surface area contributed by atoms with Crippen molar-refractivity contribution in [3.63, 3.8) is 0 Å². The van der Waals surface area contributed by atoms with Crippen molar-refractivity contribution in [2.45, 2.75) is 46.5 Å². The molecular weight excluding hydrogens is 495 g/mol. The fourth-order valence-corrected chi connectivity index (χ4v) is 4.22. The van der Waals surface area contributed by atoms with Crippen LogP contribution in [0.2, 0.25) is 0 Å². The highest BCUT2D eigenvalue weighted by molar-refractivity contribution is 7.92. The average molecular weight is 528 g/mol. The minimum absolute atomic E-state index is 0.00950. The molecule has 0 heterocycles. The van der Waals surface area contributed by atoms with Crippen molar-refractivity contribution in [2.24, 2.45) is 5.92 Å². The van der Waals surface area contributed by atoms with Crippen molar-refractivity contribution in [3.05, 3.63) is 65.2 Å². The number of alkyl halides is 3. The van der Waals surface area contributed by atoms with Gasteiger partial charge in [-0.25, -0.2) is 8.42 Å². The van der Waals surface area contributed by atoms with Gasteiger partial charge in [-0.15, -0.1) is 0 Å². The van der Waals surface area contributed by atoms with Gasteiger partial charge in [-0.3, -0.25) is 13.9 Å². The Hall–Kier alpha value is -3.08. The van der Waals surface area contributed by atoms with E-state index in [4.69, 9.17) is 0 Å². The largest absolute Gasteiger partial charge is 0.416 e. The van der Waals surface area contributed by atoms with Crippen LogP contribution in [0.3, 0.4) is 0 Å². The Balaban J connectivity index is 2.41. The second-order valence-corrected chi connectivity index (χ2v) is 11.0. The number of nitrogens with zero attached hydrogens (tertiary/aromatic N) is 2. The van der Waals surface area contributed by atoms with Crippen molar-refractivity contribution in [2.75, 3.05) is 23.7 Å². The quantitative estimate of drug-likeness (QED) is 0.507. The molecule has 11 heteroatoms. The molecule has 1 atom stereocenters. The van der Waals surface area contributed by atoms with Gasteiger partial charge in [-0.1, -0.05) is 49.7 Å². The van der Waals surface area contributed by atoms with E-state index in [0.29, 0.717) is 22.5 Å². The molecule has 0 bridgehead atoms. The molecule has 0 aromatic heterocycles. The molecule has 7 nitrogen and oxygen atoms in total. The minimum atomic E-state index is -4.69. The van der Waals surface area contributed by atoms with Crippen LogP contribution in [0.5, 0.6) is 0 Å². The smallest absolute Gasteiger partial charge is 0.354 e. The Labute approximate surface area is 210 Å². The van der Waals surface area contributed by atoms with Crippen LogP contribution in [0.1, 0.15) is 37.5 Å². The Morgan fingerprint density at radius 3 is 2.17 bits per heavy atom. The van der Waals surface area contributed by atoms with E-state index in [9.17, 15) is 31.2 Å². The summed E-state index contributed by atoms with van der Waals surface area (Å²) in [5.41, 5.74) is 0.362. The Morgan fingerprint density at radius 1 is 1.03 bits per heavy atom. The zero-order valence-electron chi connectivity index (χ0n) is 21.0. The van der Waals surface area contributed by atoms with Crippen LogP contribution in [-0.2, 0) is 32.3 Å². The Kier molecular flexibility index (Phi) is 9.53. The number of benzene rings is 2. The molecule has 2 amide bonds. The van der Waals surface area contributed by atoms with Crippen LogP contribution in [0, 0.1) is 12.8 Å². The third kappa shape index (κ3) is 8.25. The Bertz CT molecular complexity index is 1170. The van der Waals surface area contributed by atoms with Gasteiger partial charge in [0, 0.05) is 13.1 Å². The van der Waals surface area contributed by atoms with E-state index in [1.54, 1.807) is 12.1 Å². The van der Waals surface area contributed by atoms with Crippen LogP contribution in [0.15, 0.2) is 48.5 Å². The van der Waals surface area contributed by atoms with Crippen LogP contribution in [0.25, 0.3) is 0 Å². The van der Waals surface area contributed by atoms with Crippen LogP contribution < -0.4 is 9.62 Å². The molecule has 0 fully saturated rings. The molecule has 2 rings (SSSR count). The first kappa shape index (κ1) is 29.2. The average Bonchev–Trinajstić information content (AvgIpc) is 2.78. The van der Waals surface area contributed by atoms with Gasteiger partial charge >= 0.3 is 6.18 Å². The molecule has 0 aliphatic carbocycles. The molecule has 0 aliphatic rings. The SMILES string of the molecule is Cc1ccc(CN(C(=O)CN(c2cccc(C(F)(F)F)c2)S(C)(=O)=O)[C@H](C)C(=O)NCC(C)C)cc1. The first-order valence-corrected chi connectivity index (χ1v) is 13.2. The van der Waals surface area contributed by atoms with Crippen molar-refractivity contribution in [3.8, 4) is 0 Å². The summed E-state index contributed by atoms with van der Waals surface area (Å²) in [6, 6.07) is 10.1. The number of sulfonamides is 1. The normalized spacial score (nSPS) is 12.8. The van der Waals surface area contributed by atoms with Gasteiger partial charge in [-0.2, -0.15) is 13.2 Å². The zero-order chi connectivity index (χ0) is 27.3. The van der Waals surface area contributed by atoms with Gasteiger partial charge in [0.25, 0.3) is 0 Å². The number of carbonyl (C=O) groups excluding carboxylic acids is 2. The molecule has 0 spiro atoms. The van der Waals surface area contributed by atoms with E-state index in [1.807, 2.05) is 32.9 Å². The molecule has 2 aromatic carbocycles. The highest BCUT2D eigenvalue weighted by atomic mass is 32.2. The maximum absolute atomic E-state index is 13.4. The van der Waals surface area contributed by atoms with Gasteiger partial charge in [-0.05, 0) is 43.5 Å². The number of rotatable bonds is 10. The highest BCUT2D eigenvalue weighted by Crippen LogP contribution is 2.32. The lowest BCUT2D eigenvalue weighted by molar-refractivity contribution is -0.139. The van der Waals surface area contributed by atoms with E-state index < -0.39 is 46.2 Å². The summed E-state index contributed by atoms with van der Waals surface area (Å²) in [5.74, 6) is -0.983. The molecule has 0 radical (unpaired) electrons. The fraction of sp³-hybridized carbons (Fsp3) is 0.440. The summed E-state index contributed by atoms with van der Waals surface area (Å²) in [4.78, 5) is 27.4. The molecule has 36 heavy (non-hydrogen) atoms. The van der Waals surface area contributed by atoms with Crippen LogP contribution in [0.4, 0.5) is 18.9 Å². The number of amides is 2. The van der Waals surface area contributed by atoms with E-state index in [0.717, 1.165) is 24.0 Å². The number of anilines is 1. The van der Waals surface area contributed by atoms with E-state index in [2.05, 4.69) is 5.32 Å². The standard InChI is InChI=1S/C25H32F3N3O4S/c1-17(2)14-29-24(33)19(4)30(15-20-11-9-18(3)10-12-20)23(32)16-31(36(5,34)35)22-8-6-7-21(13-22)25(26,27)28/h6-13,17,19H,14-16H2,1-5H3,(H,29,33)/t19-/m1/s1. The maximum Gasteiger partial charge on any atom is 0.416 e. The fourth-order valence-electron chi connectivity index (χ4n) is 3.38. The minimum Gasteiger partial charge on any atom is -0.354 e. The molecular formula is C25H32F3N3O4S. The highest BCUT2D eigenvalue weighted by Gasteiger charge is 2.33. The number of halogens is 3. The van der Waals surface area contributed by atoms with Crippen molar-refractivity contribution < 1.29 is 31.2 Å². The summed E-state index contributed by atoms with van der Waals surface area (Å²) < 4.78 is 65.3. The lowest BCUT2D eigenvalue weighted by Gasteiger charge is -2.31. The van der Waals surface area contributed by atoms with E-state index in [-0.39, 0.29) is 18.2 Å². The van der Waals surface area contributed by atoms with Crippen molar-refractivity contribution in [1.29, 1.82) is 0 Å². The second-order valence-electron chi connectivity index (χ2n) is 9.14. The third-order valence-corrected chi connectivity index (χ3v) is 6.61. The first-order valence-electron chi connectivity index (χ1n) is 11.4. The number of hydrogen-bond donors (Lipinski definition) is 1. The van der Waals surface area contributed by atoms with Gasteiger partial charge in [0.1, 0.15) is 12.6 Å². The zero-order valence-corrected chi connectivity index (χ0v) is 21.8. The maximum atomic E-state index is 13.4. The molecule has 0 aliphatic heterocycles. The number of aryl methyl sites for hydroxylation is 1. The van der Waals surface area contributed by atoms with Gasteiger partial charge in [0.05, 0.1) is 17.5 Å². The molecule has 198 valence electrons. The predicted molar refractivity (Wildman–Crippen MR) is 133 cm³/mol. The molecule has 1 N–H and O–H groups in total. The van der Waals surface area contributed by atoms with Gasteiger partial charge < -0.3 is 10.2 Å². The molecule has 0 unspecified atom stereocenters. The lowest BCUT2D eigenvalue weighted by Crippen LogP contribution is -2.51. The summed E-state index contributed by atoms with van der Waals surface area (Å²) in [6.07, 6.45) is -3.88. The molecule has 0 saturated heterocycles. The second kappa shape index (κ2) is 11.8. The molecule has 0 saturated carbocycles. The number of carbonyl (C=O) groups is 2. The summed E-state index contributed by atoms with van der Waals surface area (Å²) in [6.45, 7) is 6.88. The molecule has 2 aromatic rings. The van der Waals surface area contributed by atoms with Gasteiger partial charge in [0.15, 0.2) is 0 Å².